The van der Waals surface area contributed by atoms with Crippen molar-refractivity contribution in [1.29, 1.82) is 0 Å². The normalized spacial score (nSPS) is 12.9. The van der Waals surface area contributed by atoms with Crippen molar-refractivity contribution >= 4 is 5.91 Å². The Labute approximate surface area is 116 Å². The van der Waals surface area contributed by atoms with E-state index in [2.05, 4.69) is 25.2 Å². The van der Waals surface area contributed by atoms with Crippen LogP contribution in [0.3, 0.4) is 0 Å². The van der Waals surface area contributed by atoms with Gasteiger partial charge in [0.05, 0.1) is 0 Å². The summed E-state index contributed by atoms with van der Waals surface area (Å²) >= 11 is 0. The van der Waals surface area contributed by atoms with Crippen molar-refractivity contribution in [2.45, 2.75) is 59.1 Å². The van der Waals surface area contributed by atoms with Gasteiger partial charge in [0.2, 0.25) is 0 Å². The van der Waals surface area contributed by atoms with Crippen molar-refractivity contribution < 1.29 is 9.53 Å². The van der Waals surface area contributed by atoms with E-state index in [1.165, 1.54) is 5.56 Å². The Balaban J connectivity index is 2.63. The van der Waals surface area contributed by atoms with E-state index in [-0.39, 0.29) is 11.4 Å². The monoisotopic (exact) mass is 263 g/mol. The highest BCUT2D eigenvalue weighted by atomic mass is 16.5. The van der Waals surface area contributed by atoms with E-state index in [1.54, 1.807) is 6.92 Å². The largest absolute Gasteiger partial charge is 0.481 e. The molecule has 1 rings (SSSR count). The molecule has 106 valence electrons. The van der Waals surface area contributed by atoms with Gasteiger partial charge in [0.1, 0.15) is 5.75 Å². The van der Waals surface area contributed by atoms with Crippen LogP contribution in [0.15, 0.2) is 24.3 Å². The lowest BCUT2D eigenvalue weighted by Crippen LogP contribution is -2.48. The molecule has 0 fully saturated rings. The molecular weight excluding hydrogens is 238 g/mol. The number of rotatable bonds is 6. The second kappa shape index (κ2) is 6.60. The second-order valence-corrected chi connectivity index (χ2v) is 5.49. The zero-order chi connectivity index (χ0) is 14.5. The van der Waals surface area contributed by atoms with Crippen LogP contribution in [0.2, 0.25) is 0 Å². The molecule has 3 heteroatoms. The molecule has 0 saturated carbocycles. The quantitative estimate of drug-likeness (QED) is 0.855. The van der Waals surface area contributed by atoms with Crippen molar-refractivity contribution in [2.75, 3.05) is 0 Å². The first-order chi connectivity index (χ1) is 8.88. The standard InChI is InChI=1S/C16H25NO2/c1-6-13-9-8-10-14(11-13)19-12(3)15(18)17-16(4,5)7-2/h8-12H,6-7H2,1-5H3,(H,17,18). The molecule has 1 aromatic rings. The third-order valence-electron chi connectivity index (χ3n) is 3.33. The highest BCUT2D eigenvalue weighted by Gasteiger charge is 2.22. The molecule has 1 atom stereocenters. The minimum absolute atomic E-state index is 0.0752. The van der Waals surface area contributed by atoms with Gasteiger partial charge < -0.3 is 10.1 Å². The number of ether oxygens (including phenoxy) is 1. The average molecular weight is 263 g/mol. The van der Waals surface area contributed by atoms with Gasteiger partial charge in [-0.1, -0.05) is 26.0 Å². The molecule has 1 unspecified atom stereocenters. The SMILES string of the molecule is CCc1cccc(OC(C)C(=O)NC(C)(C)CC)c1. The molecule has 19 heavy (non-hydrogen) atoms. The van der Waals surface area contributed by atoms with Gasteiger partial charge in [0.15, 0.2) is 6.10 Å². The fourth-order valence-electron chi connectivity index (χ4n) is 1.62. The van der Waals surface area contributed by atoms with Gasteiger partial charge in [-0.05, 0) is 51.3 Å². The number of benzene rings is 1. The summed E-state index contributed by atoms with van der Waals surface area (Å²) in [6, 6.07) is 7.87. The summed E-state index contributed by atoms with van der Waals surface area (Å²) in [7, 11) is 0. The van der Waals surface area contributed by atoms with Crippen molar-refractivity contribution in [2.24, 2.45) is 0 Å². The van der Waals surface area contributed by atoms with E-state index in [0.29, 0.717) is 0 Å². The maximum Gasteiger partial charge on any atom is 0.261 e. The topological polar surface area (TPSA) is 38.3 Å². The maximum atomic E-state index is 12.0. The van der Waals surface area contributed by atoms with Crippen LogP contribution in [0.4, 0.5) is 0 Å². The first-order valence-electron chi connectivity index (χ1n) is 6.95. The minimum Gasteiger partial charge on any atom is -0.481 e. The van der Waals surface area contributed by atoms with E-state index in [1.807, 2.05) is 32.0 Å². The molecule has 0 aliphatic carbocycles. The highest BCUT2D eigenvalue weighted by Crippen LogP contribution is 2.16. The summed E-state index contributed by atoms with van der Waals surface area (Å²) < 4.78 is 5.70. The summed E-state index contributed by atoms with van der Waals surface area (Å²) in [4.78, 5) is 12.0. The molecule has 1 N–H and O–H groups in total. The smallest absolute Gasteiger partial charge is 0.261 e. The fourth-order valence-corrected chi connectivity index (χ4v) is 1.62. The van der Waals surface area contributed by atoms with Gasteiger partial charge in [-0.2, -0.15) is 0 Å². The van der Waals surface area contributed by atoms with Crippen LogP contribution >= 0.6 is 0 Å². The molecule has 0 heterocycles. The molecular formula is C16H25NO2. The lowest BCUT2D eigenvalue weighted by atomic mass is 10.0. The zero-order valence-electron chi connectivity index (χ0n) is 12.6. The summed E-state index contributed by atoms with van der Waals surface area (Å²) in [6.45, 7) is 9.94. The van der Waals surface area contributed by atoms with Gasteiger partial charge in [-0.15, -0.1) is 0 Å². The Morgan fingerprint density at radius 2 is 2.05 bits per heavy atom. The van der Waals surface area contributed by atoms with Crippen LogP contribution in [0.5, 0.6) is 5.75 Å². The van der Waals surface area contributed by atoms with E-state index in [9.17, 15) is 4.79 Å². The number of carbonyl (C=O) groups is 1. The lowest BCUT2D eigenvalue weighted by Gasteiger charge is -2.26. The predicted molar refractivity (Wildman–Crippen MR) is 78.4 cm³/mol. The van der Waals surface area contributed by atoms with E-state index < -0.39 is 6.10 Å². The number of aryl methyl sites for hydroxylation is 1. The second-order valence-electron chi connectivity index (χ2n) is 5.49. The Hall–Kier alpha value is -1.51. The Bertz CT molecular complexity index is 427. The average Bonchev–Trinajstić information content (AvgIpc) is 2.38. The Morgan fingerprint density at radius 1 is 1.37 bits per heavy atom. The van der Waals surface area contributed by atoms with Crippen LogP contribution in [0, 0.1) is 0 Å². The van der Waals surface area contributed by atoms with Crippen LogP contribution in [0.1, 0.15) is 46.6 Å². The highest BCUT2D eigenvalue weighted by molar-refractivity contribution is 5.81. The van der Waals surface area contributed by atoms with Gasteiger partial charge in [0, 0.05) is 5.54 Å². The van der Waals surface area contributed by atoms with Crippen molar-refractivity contribution in [3.63, 3.8) is 0 Å². The number of amides is 1. The molecule has 3 nitrogen and oxygen atoms in total. The van der Waals surface area contributed by atoms with Crippen LogP contribution in [0.25, 0.3) is 0 Å². The van der Waals surface area contributed by atoms with Crippen molar-refractivity contribution in [1.82, 2.24) is 5.32 Å². The third-order valence-corrected chi connectivity index (χ3v) is 3.33. The Morgan fingerprint density at radius 3 is 2.63 bits per heavy atom. The van der Waals surface area contributed by atoms with Crippen LogP contribution in [-0.2, 0) is 11.2 Å². The van der Waals surface area contributed by atoms with E-state index in [4.69, 9.17) is 4.74 Å². The van der Waals surface area contributed by atoms with Crippen molar-refractivity contribution in [3.8, 4) is 5.75 Å². The van der Waals surface area contributed by atoms with Crippen molar-refractivity contribution in [3.05, 3.63) is 29.8 Å². The summed E-state index contributed by atoms with van der Waals surface area (Å²) in [5.41, 5.74) is 1.01. The van der Waals surface area contributed by atoms with Crippen LogP contribution < -0.4 is 10.1 Å². The summed E-state index contributed by atoms with van der Waals surface area (Å²) in [5.74, 6) is 0.671. The first kappa shape index (κ1) is 15.5. The molecule has 1 amide bonds. The zero-order valence-corrected chi connectivity index (χ0v) is 12.6. The third kappa shape index (κ3) is 4.93. The molecule has 0 bridgehead atoms. The van der Waals surface area contributed by atoms with Gasteiger partial charge in [0.25, 0.3) is 5.91 Å². The van der Waals surface area contributed by atoms with E-state index >= 15 is 0 Å². The summed E-state index contributed by atoms with van der Waals surface area (Å²) in [5, 5.41) is 2.99. The minimum atomic E-state index is -0.488. The summed E-state index contributed by atoms with van der Waals surface area (Å²) in [6.07, 6.45) is 1.36. The number of nitrogens with one attached hydrogen (secondary N) is 1. The lowest BCUT2D eigenvalue weighted by molar-refractivity contribution is -0.128. The fraction of sp³-hybridized carbons (Fsp3) is 0.562. The molecule has 0 aromatic heterocycles. The molecule has 0 spiro atoms. The van der Waals surface area contributed by atoms with Gasteiger partial charge in [-0.25, -0.2) is 0 Å². The van der Waals surface area contributed by atoms with Gasteiger partial charge in [-0.3, -0.25) is 4.79 Å². The molecule has 0 radical (unpaired) electrons. The number of carbonyl (C=O) groups excluding carboxylic acids is 1. The van der Waals surface area contributed by atoms with E-state index in [0.717, 1.165) is 18.6 Å². The number of hydrogen-bond acceptors (Lipinski definition) is 2. The van der Waals surface area contributed by atoms with Crippen LogP contribution in [-0.4, -0.2) is 17.6 Å². The first-order valence-corrected chi connectivity index (χ1v) is 6.95. The molecule has 0 aliphatic heterocycles. The van der Waals surface area contributed by atoms with Gasteiger partial charge >= 0.3 is 0 Å². The number of hydrogen-bond donors (Lipinski definition) is 1. The maximum absolute atomic E-state index is 12.0. The Kier molecular flexibility index (Phi) is 5.40. The predicted octanol–water partition coefficient (Wildman–Crippen LogP) is 3.32. The molecule has 0 saturated heterocycles. The molecule has 0 aliphatic rings. The molecule has 1 aromatic carbocycles.